The molecule has 2 rings (SSSR count). The van der Waals surface area contributed by atoms with Gasteiger partial charge in [-0.2, -0.15) is 5.10 Å². The maximum atomic E-state index is 11.3. The van der Waals surface area contributed by atoms with E-state index in [0.29, 0.717) is 16.5 Å². The number of hydrogen-bond donors (Lipinski definition) is 3. The van der Waals surface area contributed by atoms with E-state index in [2.05, 4.69) is 20.6 Å². The van der Waals surface area contributed by atoms with Gasteiger partial charge in [-0.1, -0.05) is 30.3 Å². The molecular formula is C16H18N4O2S2. The summed E-state index contributed by atoms with van der Waals surface area (Å²) in [5.41, 5.74) is 5.56. The molecule has 8 heteroatoms. The highest BCUT2D eigenvalue weighted by Crippen LogP contribution is 2.12. The fourth-order valence-corrected chi connectivity index (χ4v) is 2.62. The summed E-state index contributed by atoms with van der Waals surface area (Å²) in [4.78, 5) is 0. The monoisotopic (exact) mass is 362 g/mol. The quantitative estimate of drug-likeness (QED) is 0.433. The van der Waals surface area contributed by atoms with E-state index in [9.17, 15) is 8.42 Å². The lowest BCUT2D eigenvalue weighted by Gasteiger charge is -2.09. The van der Waals surface area contributed by atoms with Gasteiger partial charge in [0.15, 0.2) is 5.11 Å². The molecule has 0 heterocycles. The number of anilines is 2. The van der Waals surface area contributed by atoms with Gasteiger partial charge in [-0.25, -0.2) is 8.42 Å². The number of para-hydroxylation sites is 1. The SMILES string of the molecule is CC(=NNC(=S)Nc1ccccc1)c1cccc(NS(C)(=O)=O)c1. The van der Waals surface area contributed by atoms with Crippen molar-refractivity contribution in [2.75, 3.05) is 16.3 Å². The zero-order valence-electron chi connectivity index (χ0n) is 13.3. The first-order valence-electron chi connectivity index (χ1n) is 7.08. The van der Waals surface area contributed by atoms with Crippen LogP contribution in [0.5, 0.6) is 0 Å². The van der Waals surface area contributed by atoms with Crippen LogP contribution in [-0.4, -0.2) is 25.5 Å². The molecule has 0 aliphatic carbocycles. The molecule has 0 aliphatic rings. The molecule has 0 aromatic heterocycles. The number of rotatable bonds is 5. The Hall–Kier alpha value is -2.45. The zero-order chi connectivity index (χ0) is 17.6. The van der Waals surface area contributed by atoms with Crippen LogP contribution < -0.4 is 15.5 Å². The van der Waals surface area contributed by atoms with Gasteiger partial charge in [0, 0.05) is 11.4 Å². The van der Waals surface area contributed by atoms with Crippen LogP contribution >= 0.6 is 12.2 Å². The summed E-state index contributed by atoms with van der Waals surface area (Å²) in [5.74, 6) is 0. The molecule has 24 heavy (non-hydrogen) atoms. The lowest BCUT2D eigenvalue weighted by atomic mass is 10.1. The minimum absolute atomic E-state index is 0.367. The van der Waals surface area contributed by atoms with Crippen molar-refractivity contribution in [3.05, 3.63) is 60.2 Å². The van der Waals surface area contributed by atoms with Crippen molar-refractivity contribution in [3.8, 4) is 0 Å². The third kappa shape index (κ3) is 5.98. The van der Waals surface area contributed by atoms with E-state index >= 15 is 0 Å². The maximum absolute atomic E-state index is 11.3. The molecule has 0 spiro atoms. The molecule has 2 aromatic rings. The van der Waals surface area contributed by atoms with Crippen LogP contribution in [-0.2, 0) is 10.0 Å². The Morgan fingerprint density at radius 3 is 2.38 bits per heavy atom. The van der Waals surface area contributed by atoms with E-state index in [1.165, 1.54) is 0 Å². The van der Waals surface area contributed by atoms with Crippen molar-refractivity contribution in [2.45, 2.75) is 6.92 Å². The molecule has 0 radical (unpaired) electrons. The first-order valence-corrected chi connectivity index (χ1v) is 9.38. The highest BCUT2D eigenvalue weighted by molar-refractivity contribution is 7.92. The van der Waals surface area contributed by atoms with E-state index in [1.807, 2.05) is 36.4 Å². The second kappa shape index (κ2) is 7.89. The average Bonchev–Trinajstić information content (AvgIpc) is 2.52. The highest BCUT2D eigenvalue weighted by Gasteiger charge is 2.04. The summed E-state index contributed by atoms with van der Waals surface area (Å²) in [7, 11) is -3.32. The van der Waals surface area contributed by atoms with Gasteiger partial charge in [-0.3, -0.25) is 10.1 Å². The smallest absolute Gasteiger partial charge is 0.229 e. The molecule has 0 atom stereocenters. The van der Waals surface area contributed by atoms with Crippen molar-refractivity contribution in [1.82, 2.24) is 5.43 Å². The number of sulfonamides is 1. The Labute approximate surface area is 147 Å². The zero-order valence-corrected chi connectivity index (χ0v) is 14.9. The Morgan fingerprint density at radius 1 is 1.04 bits per heavy atom. The summed E-state index contributed by atoms with van der Waals surface area (Å²) in [6.45, 7) is 1.80. The van der Waals surface area contributed by atoms with Crippen LogP contribution in [0.2, 0.25) is 0 Å². The van der Waals surface area contributed by atoms with Gasteiger partial charge in [0.05, 0.1) is 12.0 Å². The summed E-state index contributed by atoms with van der Waals surface area (Å²) in [6, 6.07) is 16.5. The van der Waals surface area contributed by atoms with Gasteiger partial charge in [0.1, 0.15) is 0 Å². The van der Waals surface area contributed by atoms with Gasteiger partial charge in [0.2, 0.25) is 10.0 Å². The first-order chi connectivity index (χ1) is 11.3. The van der Waals surface area contributed by atoms with Crippen LogP contribution in [0.15, 0.2) is 59.7 Å². The van der Waals surface area contributed by atoms with E-state index < -0.39 is 10.0 Å². The number of nitrogens with zero attached hydrogens (tertiary/aromatic N) is 1. The van der Waals surface area contributed by atoms with Crippen molar-refractivity contribution in [2.24, 2.45) is 5.10 Å². The van der Waals surface area contributed by atoms with Crippen LogP contribution in [0.25, 0.3) is 0 Å². The molecule has 0 saturated carbocycles. The van der Waals surface area contributed by atoms with Crippen LogP contribution in [0.3, 0.4) is 0 Å². The van der Waals surface area contributed by atoms with Crippen molar-refractivity contribution in [1.29, 1.82) is 0 Å². The van der Waals surface area contributed by atoms with Crippen LogP contribution in [0, 0.1) is 0 Å². The average molecular weight is 362 g/mol. The summed E-state index contributed by atoms with van der Waals surface area (Å²) < 4.78 is 25.0. The second-order valence-corrected chi connectivity index (χ2v) is 7.24. The predicted molar refractivity (Wildman–Crippen MR) is 103 cm³/mol. The van der Waals surface area contributed by atoms with Crippen LogP contribution in [0.1, 0.15) is 12.5 Å². The van der Waals surface area contributed by atoms with Gasteiger partial charge in [-0.05, 0) is 49.0 Å². The molecule has 2 aromatic carbocycles. The number of benzene rings is 2. The van der Waals surface area contributed by atoms with Crippen LogP contribution in [0.4, 0.5) is 11.4 Å². The van der Waals surface area contributed by atoms with Gasteiger partial charge in [0.25, 0.3) is 0 Å². The number of nitrogens with one attached hydrogen (secondary N) is 3. The normalized spacial score (nSPS) is 11.7. The molecule has 0 bridgehead atoms. The van der Waals surface area contributed by atoms with E-state index in [-0.39, 0.29) is 0 Å². The van der Waals surface area contributed by atoms with E-state index in [0.717, 1.165) is 17.5 Å². The van der Waals surface area contributed by atoms with Gasteiger partial charge >= 0.3 is 0 Å². The molecule has 0 amide bonds. The molecular weight excluding hydrogens is 344 g/mol. The van der Waals surface area contributed by atoms with Crippen molar-refractivity contribution < 1.29 is 8.42 Å². The van der Waals surface area contributed by atoms with E-state index in [4.69, 9.17) is 12.2 Å². The van der Waals surface area contributed by atoms with Crippen molar-refractivity contribution >= 4 is 44.4 Å². The predicted octanol–water partition coefficient (Wildman–Crippen LogP) is 2.77. The minimum atomic E-state index is -3.32. The topological polar surface area (TPSA) is 82.6 Å². The number of thiocarbonyl (C=S) groups is 1. The Balaban J connectivity index is 2.02. The first kappa shape index (κ1) is 17.9. The minimum Gasteiger partial charge on any atom is -0.331 e. The third-order valence-electron chi connectivity index (χ3n) is 2.94. The van der Waals surface area contributed by atoms with Gasteiger partial charge < -0.3 is 5.32 Å². The second-order valence-electron chi connectivity index (χ2n) is 5.08. The lowest BCUT2D eigenvalue weighted by Crippen LogP contribution is -2.24. The molecule has 0 saturated heterocycles. The number of hydrazone groups is 1. The molecule has 3 N–H and O–H groups in total. The Morgan fingerprint density at radius 2 is 1.71 bits per heavy atom. The summed E-state index contributed by atoms with van der Waals surface area (Å²) in [6.07, 6.45) is 1.11. The van der Waals surface area contributed by atoms with Gasteiger partial charge in [-0.15, -0.1) is 0 Å². The van der Waals surface area contributed by atoms with E-state index in [1.54, 1.807) is 25.1 Å². The molecule has 0 unspecified atom stereocenters. The largest absolute Gasteiger partial charge is 0.331 e. The highest BCUT2D eigenvalue weighted by atomic mass is 32.2. The Kier molecular flexibility index (Phi) is 5.88. The standard InChI is InChI=1S/C16H18N4O2S2/c1-12(13-7-6-10-15(11-13)20-24(2,21)22)18-19-16(23)17-14-8-4-3-5-9-14/h3-11,20H,1-2H3,(H2,17,19,23). The molecule has 0 aliphatic heterocycles. The number of hydrogen-bond acceptors (Lipinski definition) is 4. The summed E-state index contributed by atoms with van der Waals surface area (Å²) in [5, 5.41) is 7.59. The van der Waals surface area contributed by atoms with Crippen molar-refractivity contribution in [3.63, 3.8) is 0 Å². The Bertz CT molecular complexity index is 849. The summed E-state index contributed by atoms with van der Waals surface area (Å²) >= 11 is 5.18. The molecule has 0 fully saturated rings. The maximum Gasteiger partial charge on any atom is 0.229 e. The lowest BCUT2D eigenvalue weighted by molar-refractivity contribution is 0.607. The fraction of sp³-hybridized carbons (Fsp3) is 0.125. The molecule has 6 nitrogen and oxygen atoms in total. The fourth-order valence-electron chi connectivity index (χ4n) is 1.90. The third-order valence-corrected chi connectivity index (χ3v) is 3.74. The molecule has 126 valence electrons.